The Labute approximate surface area is 55.8 Å². The molecular weight excluding hydrogens is 110 g/mol. The summed E-state index contributed by atoms with van der Waals surface area (Å²) >= 11 is 0. The molecule has 2 heterocycles. The highest BCUT2D eigenvalue weighted by atomic mass is 14.9. The van der Waals surface area contributed by atoms with Gasteiger partial charge in [0.1, 0.15) is 0 Å². The summed E-state index contributed by atoms with van der Waals surface area (Å²) in [5, 5.41) is 3.41. The normalized spacial score (nSPS) is 39.1. The topological polar surface area (TPSA) is 12.0 Å². The van der Waals surface area contributed by atoms with E-state index in [-0.39, 0.29) is 0 Å². The van der Waals surface area contributed by atoms with Crippen LogP contribution in [0, 0.1) is 17.8 Å². The molecule has 2 unspecified atom stereocenters. The van der Waals surface area contributed by atoms with Gasteiger partial charge in [0.05, 0.1) is 6.04 Å². The third kappa shape index (κ3) is 0.951. The second kappa shape index (κ2) is 2.04. The molecule has 0 aromatic rings. The van der Waals surface area contributed by atoms with Crippen molar-refractivity contribution in [2.75, 3.05) is 6.54 Å². The van der Waals surface area contributed by atoms with Crippen molar-refractivity contribution in [2.45, 2.75) is 25.3 Å². The number of nitrogens with one attached hydrogen (secondary N) is 1. The molecule has 2 aliphatic heterocycles. The lowest BCUT2D eigenvalue weighted by molar-refractivity contribution is 0.360. The minimum Gasteiger partial charge on any atom is -0.303 e. The first-order valence-corrected chi connectivity index (χ1v) is 3.67. The third-order valence-electron chi connectivity index (χ3n) is 2.18. The highest BCUT2D eigenvalue weighted by Gasteiger charge is 2.20. The van der Waals surface area contributed by atoms with Crippen LogP contribution in [0.4, 0.5) is 0 Å². The quantitative estimate of drug-likeness (QED) is 0.467. The van der Waals surface area contributed by atoms with Crippen LogP contribution < -0.4 is 5.32 Å². The summed E-state index contributed by atoms with van der Waals surface area (Å²) in [6.45, 7) is 1.19. The predicted octanol–water partition coefficient (Wildman–Crippen LogP) is 0.762. The molecule has 0 spiro atoms. The smallest absolute Gasteiger partial charge is 0.0689 e. The molecule has 3 rings (SSSR count). The van der Waals surface area contributed by atoms with Crippen molar-refractivity contribution in [1.82, 2.24) is 5.32 Å². The van der Waals surface area contributed by atoms with Crippen LogP contribution >= 0.6 is 0 Å². The van der Waals surface area contributed by atoms with E-state index in [2.05, 4.69) is 17.2 Å². The van der Waals surface area contributed by atoms with Crippen LogP contribution in [0.2, 0.25) is 0 Å². The van der Waals surface area contributed by atoms with E-state index in [1.807, 2.05) is 0 Å². The molecule has 2 atom stereocenters. The first-order chi connectivity index (χ1) is 4.45. The maximum absolute atomic E-state index is 3.41. The maximum atomic E-state index is 3.41. The van der Waals surface area contributed by atoms with Gasteiger partial charge in [-0.05, 0) is 18.8 Å². The fourth-order valence-corrected chi connectivity index (χ4v) is 1.54. The molecule has 3 aliphatic rings. The van der Waals surface area contributed by atoms with Gasteiger partial charge in [-0.25, -0.2) is 0 Å². The fraction of sp³-hybridized carbons (Fsp3) is 0.750. The van der Waals surface area contributed by atoms with Crippen molar-refractivity contribution in [3.05, 3.63) is 0 Å². The van der Waals surface area contributed by atoms with E-state index >= 15 is 0 Å². The van der Waals surface area contributed by atoms with Crippen LogP contribution in [-0.4, -0.2) is 12.6 Å². The Balaban J connectivity index is 2.16. The van der Waals surface area contributed by atoms with Gasteiger partial charge in [-0.1, -0.05) is 5.92 Å². The van der Waals surface area contributed by atoms with Crippen molar-refractivity contribution in [2.24, 2.45) is 5.92 Å². The van der Waals surface area contributed by atoms with E-state index < -0.39 is 0 Å². The lowest BCUT2D eigenvalue weighted by Gasteiger charge is -2.22. The minimum atomic E-state index is 0.531. The Bertz CT molecular complexity index is 155. The van der Waals surface area contributed by atoms with Crippen molar-refractivity contribution >= 4 is 0 Å². The van der Waals surface area contributed by atoms with E-state index in [0.717, 1.165) is 12.3 Å². The third-order valence-corrected chi connectivity index (χ3v) is 2.18. The first-order valence-electron chi connectivity index (χ1n) is 3.67. The number of fused-ring (bicyclic) bond motifs is 3. The largest absolute Gasteiger partial charge is 0.303 e. The molecule has 2 bridgehead atoms. The Kier molecular flexibility index (Phi) is 1.20. The molecular formula is C8H11N. The number of hydrogen-bond donors (Lipinski definition) is 1. The van der Waals surface area contributed by atoms with E-state index in [9.17, 15) is 0 Å². The van der Waals surface area contributed by atoms with Crippen LogP contribution in [0.5, 0.6) is 0 Å². The van der Waals surface area contributed by atoms with Gasteiger partial charge < -0.3 is 5.32 Å². The molecule has 9 heavy (non-hydrogen) atoms. The molecule has 0 saturated carbocycles. The summed E-state index contributed by atoms with van der Waals surface area (Å²) in [7, 11) is 0. The standard InChI is InChI=1S/C8H11N/c1-2-7-4-5-8(3-1)9-6-7/h7-9H,2,4-6H2. The summed E-state index contributed by atoms with van der Waals surface area (Å²) in [4.78, 5) is 0. The Morgan fingerprint density at radius 2 is 2.33 bits per heavy atom. The molecule has 1 saturated heterocycles. The average molecular weight is 121 g/mol. The molecule has 0 amide bonds. The Hall–Kier alpha value is -0.480. The maximum Gasteiger partial charge on any atom is 0.0689 e. The zero-order valence-electron chi connectivity index (χ0n) is 5.48. The summed E-state index contributed by atoms with van der Waals surface area (Å²) in [5.41, 5.74) is 0. The van der Waals surface area contributed by atoms with Crippen LogP contribution in [0.15, 0.2) is 0 Å². The number of hydrogen-bond acceptors (Lipinski definition) is 1. The fourth-order valence-electron chi connectivity index (χ4n) is 1.54. The van der Waals surface area contributed by atoms with Gasteiger partial charge in [-0.15, -0.1) is 5.92 Å². The Morgan fingerprint density at radius 3 is 3.11 bits per heavy atom. The predicted molar refractivity (Wildman–Crippen MR) is 36.9 cm³/mol. The van der Waals surface area contributed by atoms with Gasteiger partial charge >= 0.3 is 0 Å². The molecule has 0 aromatic carbocycles. The summed E-state index contributed by atoms with van der Waals surface area (Å²) < 4.78 is 0. The van der Waals surface area contributed by atoms with Gasteiger partial charge in [0.15, 0.2) is 0 Å². The highest BCUT2D eigenvalue weighted by Crippen LogP contribution is 2.19. The van der Waals surface area contributed by atoms with Gasteiger partial charge in [0, 0.05) is 13.0 Å². The zero-order valence-corrected chi connectivity index (χ0v) is 5.48. The van der Waals surface area contributed by atoms with Gasteiger partial charge in [0.25, 0.3) is 0 Å². The first kappa shape index (κ1) is 5.32. The molecule has 0 aromatic heterocycles. The van der Waals surface area contributed by atoms with Crippen LogP contribution in [0.25, 0.3) is 0 Å². The number of piperidine rings is 1. The summed E-state index contributed by atoms with van der Waals surface area (Å²) in [6, 6.07) is 0.531. The second-order valence-corrected chi connectivity index (χ2v) is 2.93. The molecule has 48 valence electrons. The molecule has 1 heteroatoms. The highest BCUT2D eigenvalue weighted by molar-refractivity contribution is 5.13. The van der Waals surface area contributed by atoms with E-state index in [1.165, 1.54) is 19.4 Å². The lowest BCUT2D eigenvalue weighted by Crippen LogP contribution is -2.36. The van der Waals surface area contributed by atoms with E-state index in [4.69, 9.17) is 0 Å². The molecule has 0 radical (unpaired) electrons. The SMILES string of the molecule is C1#CC2CCC(C1)CN2. The van der Waals surface area contributed by atoms with E-state index in [1.54, 1.807) is 0 Å². The number of rotatable bonds is 0. The lowest BCUT2D eigenvalue weighted by atomic mass is 9.96. The van der Waals surface area contributed by atoms with Crippen molar-refractivity contribution in [3.63, 3.8) is 0 Å². The van der Waals surface area contributed by atoms with E-state index in [0.29, 0.717) is 6.04 Å². The summed E-state index contributed by atoms with van der Waals surface area (Å²) in [6.07, 6.45) is 3.78. The zero-order chi connectivity index (χ0) is 6.10. The van der Waals surface area contributed by atoms with Gasteiger partial charge in [0.2, 0.25) is 0 Å². The van der Waals surface area contributed by atoms with Crippen molar-refractivity contribution in [3.8, 4) is 11.8 Å². The molecule has 1 nitrogen and oxygen atoms in total. The molecule has 1 aliphatic carbocycles. The molecule has 1 fully saturated rings. The summed E-state index contributed by atoms with van der Waals surface area (Å²) in [5.74, 6) is 7.27. The van der Waals surface area contributed by atoms with Crippen molar-refractivity contribution < 1.29 is 0 Å². The van der Waals surface area contributed by atoms with Crippen molar-refractivity contribution in [1.29, 1.82) is 0 Å². The van der Waals surface area contributed by atoms with Crippen LogP contribution in [0.1, 0.15) is 19.3 Å². The Morgan fingerprint density at radius 1 is 1.33 bits per heavy atom. The minimum absolute atomic E-state index is 0.531. The van der Waals surface area contributed by atoms with Crippen LogP contribution in [-0.2, 0) is 0 Å². The second-order valence-electron chi connectivity index (χ2n) is 2.93. The monoisotopic (exact) mass is 121 g/mol. The average Bonchev–Trinajstić information content (AvgIpc) is 2.21. The molecule has 1 N–H and O–H groups in total. The van der Waals surface area contributed by atoms with Gasteiger partial charge in [-0.3, -0.25) is 0 Å². The van der Waals surface area contributed by atoms with Crippen LogP contribution in [0.3, 0.4) is 0 Å². The van der Waals surface area contributed by atoms with Gasteiger partial charge in [-0.2, -0.15) is 0 Å².